The summed E-state index contributed by atoms with van der Waals surface area (Å²) in [5.41, 5.74) is -0.184. The van der Waals surface area contributed by atoms with Crippen molar-refractivity contribution >= 4 is 33.0 Å². The van der Waals surface area contributed by atoms with Crippen molar-refractivity contribution in [2.75, 3.05) is 41.9 Å². The topological polar surface area (TPSA) is 104 Å². The Morgan fingerprint density at radius 3 is 2.17 bits per heavy atom. The summed E-state index contributed by atoms with van der Waals surface area (Å²) in [6.45, 7) is 0.627. The number of sulfonamides is 1. The van der Waals surface area contributed by atoms with Gasteiger partial charge in [0, 0.05) is 32.2 Å². The van der Waals surface area contributed by atoms with Gasteiger partial charge in [-0.2, -0.15) is 0 Å². The first kappa shape index (κ1) is 24.1. The van der Waals surface area contributed by atoms with Crippen molar-refractivity contribution in [3.05, 3.63) is 94.8 Å². The van der Waals surface area contributed by atoms with E-state index in [0.717, 1.165) is 4.31 Å². The van der Waals surface area contributed by atoms with Crippen LogP contribution >= 0.6 is 0 Å². The van der Waals surface area contributed by atoms with Gasteiger partial charge < -0.3 is 9.80 Å². The van der Waals surface area contributed by atoms with Crippen molar-refractivity contribution in [1.82, 2.24) is 4.90 Å². The number of halogens is 1. The number of para-hydroxylation sites is 3. The van der Waals surface area contributed by atoms with Crippen LogP contribution in [0.4, 0.5) is 21.5 Å². The average molecular weight is 499 g/mol. The SMILES string of the molecule is O=C(CN(c1ccccc1[N+](=O)[O-])S(=O)(=O)c1ccccc1)N1CCN(c2ccccc2F)CC1. The fourth-order valence-electron chi connectivity index (χ4n) is 3.98. The minimum Gasteiger partial charge on any atom is -0.366 e. The highest BCUT2D eigenvalue weighted by atomic mass is 32.2. The number of hydrogen-bond acceptors (Lipinski definition) is 6. The van der Waals surface area contributed by atoms with Crippen LogP contribution in [0.5, 0.6) is 0 Å². The highest BCUT2D eigenvalue weighted by molar-refractivity contribution is 7.92. The summed E-state index contributed by atoms with van der Waals surface area (Å²) in [7, 11) is -4.28. The van der Waals surface area contributed by atoms with Crippen LogP contribution in [0.3, 0.4) is 0 Å². The maximum Gasteiger partial charge on any atom is 0.293 e. The number of carbonyl (C=O) groups is 1. The van der Waals surface area contributed by atoms with Gasteiger partial charge in [-0.15, -0.1) is 0 Å². The van der Waals surface area contributed by atoms with E-state index in [9.17, 15) is 27.7 Å². The zero-order valence-electron chi connectivity index (χ0n) is 18.7. The van der Waals surface area contributed by atoms with E-state index < -0.39 is 33.1 Å². The lowest BCUT2D eigenvalue weighted by Crippen LogP contribution is -2.52. The smallest absolute Gasteiger partial charge is 0.293 e. The van der Waals surface area contributed by atoms with Crippen LogP contribution < -0.4 is 9.21 Å². The number of hydrogen-bond donors (Lipinski definition) is 0. The maximum atomic E-state index is 14.1. The van der Waals surface area contributed by atoms with Gasteiger partial charge in [-0.25, -0.2) is 17.1 Å². The van der Waals surface area contributed by atoms with E-state index in [1.165, 1.54) is 59.5 Å². The molecule has 0 aliphatic carbocycles. The third-order valence-electron chi connectivity index (χ3n) is 5.78. The molecular formula is C24H23FN4O5S. The Balaban J connectivity index is 1.59. The first-order valence-electron chi connectivity index (χ1n) is 10.9. The summed E-state index contributed by atoms with van der Waals surface area (Å²) in [4.78, 5) is 27.4. The molecule has 0 bridgehead atoms. The Morgan fingerprint density at radius 1 is 0.914 bits per heavy atom. The lowest BCUT2D eigenvalue weighted by Gasteiger charge is -2.37. The Bertz CT molecular complexity index is 1330. The number of nitro groups is 1. The summed E-state index contributed by atoms with van der Waals surface area (Å²) in [5.74, 6) is -0.861. The quantitative estimate of drug-likeness (QED) is 0.366. The standard InChI is InChI=1S/C24H23FN4O5S/c25-20-10-4-5-11-21(20)26-14-16-27(17-15-26)24(30)18-28(22-12-6-7-13-23(22)29(31)32)35(33,34)19-8-2-1-3-9-19/h1-13H,14-18H2. The number of carbonyl (C=O) groups excluding carboxylic acids is 1. The van der Waals surface area contributed by atoms with Gasteiger partial charge in [-0.3, -0.25) is 14.9 Å². The molecule has 0 unspecified atom stereocenters. The molecule has 1 saturated heterocycles. The third-order valence-corrected chi connectivity index (χ3v) is 7.56. The molecular weight excluding hydrogens is 475 g/mol. The molecule has 3 aromatic rings. The van der Waals surface area contributed by atoms with Gasteiger partial charge >= 0.3 is 0 Å². The normalized spacial score (nSPS) is 14.0. The van der Waals surface area contributed by atoms with Crippen LogP contribution in [0.25, 0.3) is 0 Å². The average Bonchev–Trinajstić information content (AvgIpc) is 2.88. The molecule has 35 heavy (non-hydrogen) atoms. The fraction of sp³-hybridized carbons (Fsp3) is 0.208. The van der Waals surface area contributed by atoms with E-state index in [0.29, 0.717) is 18.8 Å². The van der Waals surface area contributed by atoms with Crippen LogP contribution in [0.1, 0.15) is 0 Å². The Hall–Kier alpha value is -3.99. The van der Waals surface area contributed by atoms with E-state index >= 15 is 0 Å². The van der Waals surface area contributed by atoms with Crippen molar-refractivity contribution in [1.29, 1.82) is 0 Å². The number of amides is 1. The fourth-order valence-corrected chi connectivity index (χ4v) is 5.43. The number of nitro benzene ring substituents is 1. The molecule has 9 nitrogen and oxygen atoms in total. The van der Waals surface area contributed by atoms with Gasteiger partial charge in [-0.1, -0.05) is 42.5 Å². The molecule has 3 aromatic carbocycles. The molecule has 0 N–H and O–H groups in total. The summed E-state index contributed by atoms with van der Waals surface area (Å²) in [6, 6.07) is 19.2. The van der Waals surface area contributed by atoms with Crippen molar-refractivity contribution in [2.24, 2.45) is 0 Å². The minimum atomic E-state index is -4.28. The van der Waals surface area contributed by atoms with Gasteiger partial charge in [0.25, 0.3) is 15.7 Å². The first-order chi connectivity index (χ1) is 16.8. The summed E-state index contributed by atoms with van der Waals surface area (Å²) in [6.07, 6.45) is 0. The molecule has 4 rings (SSSR count). The van der Waals surface area contributed by atoms with Crippen LogP contribution in [0.15, 0.2) is 83.8 Å². The van der Waals surface area contributed by atoms with Crippen molar-refractivity contribution in [3.63, 3.8) is 0 Å². The Morgan fingerprint density at radius 2 is 1.51 bits per heavy atom. The van der Waals surface area contributed by atoms with E-state index in [1.807, 2.05) is 4.90 Å². The molecule has 0 radical (unpaired) electrons. The summed E-state index contributed by atoms with van der Waals surface area (Å²) >= 11 is 0. The lowest BCUT2D eigenvalue weighted by atomic mass is 10.2. The Kier molecular flexibility index (Phi) is 6.97. The minimum absolute atomic E-state index is 0.0877. The molecule has 0 spiro atoms. The number of benzene rings is 3. The number of rotatable bonds is 7. The molecule has 1 aliphatic heterocycles. The molecule has 1 fully saturated rings. The zero-order valence-corrected chi connectivity index (χ0v) is 19.5. The van der Waals surface area contributed by atoms with Crippen molar-refractivity contribution < 1.29 is 22.5 Å². The second-order valence-corrected chi connectivity index (χ2v) is 9.75. The van der Waals surface area contributed by atoms with Crippen LogP contribution in [-0.2, 0) is 14.8 Å². The number of piperazine rings is 1. The maximum absolute atomic E-state index is 14.1. The van der Waals surface area contributed by atoms with E-state index in [4.69, 9.17) is 0 Å². The molecule has 0 aromatic heterocycles. The largest absolute Gasteiger partial charge is 0.366 e. The molecule has 0 atom stereocenters. The third kappa shape index (κ3) is 5.09. The monoisotopic (exact) mass is 498 g/mol. The van der Waals surface area contributed by atoms with E-state index in [1.54, 1.807) is 24.3 Å². The zero-order chi connectivity index (χ0) is 25.0. The van der Waals surface area contributed by atoms with Crippen LogP contribution in [0.2, 0.25) is 0 Å². The van der Waals surface area contributed by atoms with Gasteiger partial charge in [0.2, 0.25) is 5.91 Å². The molecule has 1 aliphatic rings. The van der Waals surface area contributed by atoms with Gasteiger partial charge in [0.15, 0.2) is 0 Å². The highest BCUT2D eigenvalue weighted by Crippen LogP contribution is 2.32. The van der Waals surface area contributed by atoms with Gasteiger partial charge in [0.05, 0.1) is 15.5 Å². The van der Waals surface area contributed by atoms with Gasteiger partial charge in [-0.05, 0) is 30.3 Å². The lowest BCUT2D eigenvalue weighted by molar-refractivity contribution is -0.384. The number of nitrogens with zero attached hydrogens (tertiary/aromatic N) is 4. The summed E-state index contributed by atoms with van der Waals surface area (Å²) < 4.78 is 41.9. The Labute approximate surface area is 202 Å². The molecule has 1 amide bonds. The predicted octanol–water partition coefficient (Wildman–Crippen LogP) is 3.28. The molecule has 11 heteroatoms. The molecule has 182 valence electrons. The molecule has 0 saturated carbocycles. The second kappa shape index (κ2) is 10.1. The van der Waals surface area contributed by atoms with E-state index in [2.05, 4.69) is 0 Å². The van der Waals surface area contributed by atoms with Gasteiger partial charge in [0.1, 0.15) is 18.0 Å². The number of anilines is 2. The van der Waals surface area contributed by atoms with Crippen LogP contribution in [0, 0.1) is 15.9 Å². The highest BCUT2D eigenvalue weighted by Gasteiger charge is 2.34. The second-order valence-electron chi connectivity index (χ2n) is 7.89. The predicted molar refractivity (Wildman–Crippen MR) is 129 cm³/mol. The molecule has 1 heterocycles. The van der Waals surface area contributed by atoms with Crippen LogP contribution in [-0.4, -0.2) is 56.9 Å². The first-order valence-corrected chi connectivity index (χ1v) is 12.3. The van der Waals surface area contributed by atoms with E-state index in [-0.39, 0.29) is 29.5 Å². The van der Waals surface area contributed by atoms with Crippen molar-refractivity contribution in [2.45, 2.75) is 4.90 Å². The van der Waals surface area contributed by atoms with Crippen molar-refractivity contribution in [3.8, 4) is 0 Å². The summed E-state index contributed by atoms with van der Waals surface area (Å²) in [5, 5.41) is 11.6.